The number of hydrogen-bond donors (Lipinski definition) is 1. The fourth-order valence-corrected chi connectivity index (χ4v) is 3.42. The third kappa shape index (κ3) is 4.73. The predicted molar refractivity (Wildman–Crippen MR) is 106 cm³/mol. The average Bonchev–Trinajstić information content (AvgIpc) is 2.66. The Morgan fingerprint density at radius 1 is 0.929 bits per heavy atom. The van der Waals surface area contributed by atoms with Gasteiger partial charge >= 0.3 is 0 Å². The van der Waals surface area contributed by atoms with E-state index in [4.69, 9.17) is 16.3 Å². The van der Waals surface area contributed by atoms with Gasteiger partial charge in [0.1, 0.15) is 11.5 Å². The van der Waals surface area contributed by atoms with Gasteiger partial charge in [-0.2, -0.15) is 0 Å². The van der Waals surface area contributed by atoms with Gasteiger partial charge in [0.15, 0.2) is 0 Å². The normalized spacial score (nSPS) is 19.2. The Morgan fingerprint density at radius 3 is 1.96 bits per heavy atom. The Labute approximate surface area is 169 Å². The lowest BCUT2D eigenvalue weighted by Crippen LogP contribution is -2.42. The van der Waals surface area contributed by atoms with Crippen LogP contribution in [0.25, 0.3) is 0 Å². The number of rotatable bonds is 5. The van der Waals surface area contributed by atoms with Crippen LogP contribution in [0, 0.1) is 11.8 Å². The first-order valence-electron chi connectivity index (χ1n) is 9.04. The van der Waals surface area contributed by atoms with Crippen molar-refractivity contribution in [1.82, 2.24) is 0 Å². The maximum absolute atomic E-state index is 12.7. The van der Waals surface area contributed by atoms with Crippen LogP contribution < -0.4 is 15.2 Å². The van der Waals surface area contributed by atoms with Crippen molar-refractivity contribution in [1.29, 1.82) is 0 Å². The van der Waals surface area contributed by atoms with Crippen molar-refractivity contribution >= 4 is 29.2 Å². The van der Waals surface area contributed by atoms with Gasteiger partial charge in [-0.25, -0.2) is 0 Å². The van der Waals surface area contributed by atoms with Crippen LogP contribution in [0.4, 0.5) is 5.69 Å². The molecule has 0 heterocycles. The van der Waals surface area contributed by atoms with Crippen LogP contribution in [-0.2, 0) is 9.59 Å². The molecule has 2 aromatic rings. The second-order valence-corrected chi connectivity index (χ2v) is 7.51. The predicted octanol–water partition coefficient (Wildman–Crippen LogP) is 4.18. The standard InChI is InChI=1S/C22H22ClNO4/c1-13-11-19(20(22(26)27)12-14(13)2)21(25)24-16-5-9-18(10-6-16)28-17-7-3-15(23)4-8-17/h3-10,19-20H,11-12H2,1-2H3,(H,24,25)(H,26,27)/p-1/t19-,20+/m1/s1. The zero-order valence-electron chi connectivity index (χ0n) is 15.7. The van der Waals surface area contributed by atoms with Gasteiger partial charge < -0.3 is 20.0 Å². The lowest BCUT2D eigenvalue weighted by Gasteiger charge is -2.32. The maximum atomic E-state index is 12.7. The lowest BCUT2D eigenvalue weighted by molar-refractivity contribution is -0.313. The highest BCUT2D eigenvalue weighted by molar-refractivity contribution is 6.30. The number of carbonyl (C=O) groups excluding carboxylic acids is 2. The highest BCUT2D eigenvalue weighted by atomic mass is 35.5. The van der Waals surface area contributed by atoms with Crippen LogP contribution in [0.15, 0.2) is 59.7 Å². The van der Waals surface area contributed by atoms with Crippen LogP contribution in [-0.4, -0.2) is 11.9 Å². The number of amides is 1. The molecule has 0 saturated carbocycles. The van der Waals surface area contributed by atoms with E-state index in [1.807, 2.05) is 13.8 Å². The molecule has 28 heavy (non-hydrogen) atoms. The third-order valence-corrected chi connectivity index (χ3v) is 5.33. The molecule has 2 atom stereocenters. The molecular weight excluding hydrogens is 378 g/mol. The molecule has 0 bridgehead atoms. The molecule has 6 heteroatoms. The topological polar surface area (TPSA) is 78.5 Å². The van der Waals surface area contributed by atoms with Crippen molar-refractivity contribution in [3.63, 3.8) is 0 Å². The summed E-state index contributed by atoms with van der Waals surface area (Å²) in [5.74, 6) is -1.68. The smallest absolute Gasteiger partial charge is 0.228 e. The number of carboxylic acid groups (broad SMARTS) is 1. The van der Waals surface area contributed by atoms with Crippen LogP contribution in [0.3, 0.4) is 0 Å². The number of allylic oxidation sites excluding steroid dienone is 2. The first-order valence-corrected chi connectivity index (χ1v) is 9.41. The molecule has 2 aromatic carbocycles. The van der Waals surface area contributed by atoms with Crippen LogP contribution in [0.1, 0.15) is 26.7 Å². The molecular formula is C22H21ClNO4-. The minimum Gasteiger partial charge on any atom is -0.550 e. The number of nitrogens with one attached hydrogen (secondary N) is 1. The number of carboxylic acids is 1. The monoisotopic (exact) mass is 398 g/mol. The second kappa shape index (κ2) is 8.48. The fraction of sp³-hybridized carbons (Fsp3) is 0.273. The molecule has 0 saturated heterocycles. The van der Waals surface area contributed by atoms with Gasteiger partial charge in [0.2, 0.25) is 5.91 Å². The van der Waals surface area contributed by atoms with Crippen LogP contribution in [0.5, 0.6) is 11.5 Å². The number of halogens is 1. The van der Waals surface area contributed by atoms with E-state index in [-0.39, 0.29) is 5.91 Å². The summed E-state index contributed by atoms with van der Waals surface area (Å²) in [5.41, 5.74) is 2.65. The molecule has 0 spiro atoms. The van der Waals surface area contributed by atoms with Gasteiger partial charge in [0, 0.05) is 22.6 Å². The first-order chi connectivity index (χ1) is 13.3. The van der Waals surface area contributed by atoms with E-state index in [0.29, 0.717) is 35.1 Å². The van der Waals surface area contributed by atoms with Crippen LogP contribution >= 0.6 is 11.6 Å². The van der Waals surface area contributed by atoms with Gasteiger partial charge in [-0.3, -0.25) is 4.79 Å². The molecule has 1 N–H and O–H groups in total. The molecule has 5 nitrogen and oxygen atoms in total. The Balaban J connectivity index is 1.66. The number of carbonyl (C=O) groups is 2. The summed E-state index contributed by atoms with van der Waals surface area (Å²) in [4.78, 5) is 24.1. The highest BCUT2D eigenvalue weighted by Crippen LogP contribution is 2.34. The summed E-state index contributed by atoms with van der Waals surface area (Å²) in [7, 11) is 0. The highest BCUT2D eigenvalue weighted by Gasteiger charge is 2.33. The van der Waals surface area contributed by atoms with Gasteiger partial charge in [-0.15, -0.1) is 0 Å². The lowest BCUT2D eigenvalue weighted by atomic mass is 9.76. The first kappa shape index (κ1) is 20.0. The Bertz CT molecular complexity index is 903. The van der Waals surface area contributed by atoms with Crippen molar-refractivity contribution in [2.45, 2.75) is 26.7 Å². The van der Waals surface area contributed by atoms with Crippen molar-refractivity contribution in [2.75, 3.05) is 5.32 Å². The number of hydrogen-bond acceptors (Lipinski definition) is 4. The van der Waals surface area contributed by atoms with E-state index in [1.165, 1.54) is 0 Å². The van der Waals surface area contributed by atoms with Crippen molar-refractivity contribution in [3.8, 4) is 11.5 Å². The van der Waals surface area contributed by atoms with Crippen molar-refractivity contribution in [2.24, 2.45) is 11.8 Å². The molecule has 1 aliphatic carbocycles. The summed E-state index contributed by atoms with van der Waals surface area (Å²) in [6, 6.07) is 13.9. The molecule has 0 aliphatic heterocycles. The molecule has 1 amide bonds. The molecule has 1 aliphatic rings. The van der Waals surface area contributed by atoms with Gasteiger partial charge in [-0.1, -0.05) is 22.7 Å². The van der Waals surface area contributed by atoms with E-state index in [0.717, 1.165) is 11.1 Å². The van der Waals surface area contributed by atoms with Crippen LogP contribution in [0.2, 0.25) is 5.02 Å². The number of anilines is 1. The molecule has 3 rings (SSSR count). The zero-order chi connectivity index (χ0) is 20.3. The third-order valence-electron chi connectivity index (χ3n) is 5.08. The summed E-state index contributed by atoms with van der Waals surface area (Å²) >= 11 is 5.86. The minimum atomic E-state index is -1.18. The number of aliphatic carboxylic acids is 1. The average molecular weight is 399 g/mol. The summed E-state index contributed by atoms with van der Waals surface area (Å²) < 4.78 is 5.72. The SMILES string of the molecule is CC1=C(C)C[C@@H](C(=O)Nc2ccc(Oc3ccc(Cl)cc3)cc2)[C@@H](C(=O)[O-])C1. The van der Waals surface area contributed by atoms with Gasteiger partial charge in [0.25, 0.3) is 0 Å². The van der Waals surface area contributed by atoms with E-state index >= 15 is 0 Å². The van der Waals surface area contributed by atoms with E-state index in [2.05, 4.69) is 5.32 Å². The fourth-order valence-electron chi connectivity index (χ4n) is 3.30. The quantitative estimate of drug-likeness (QED) is 0.766. The number of ether oxygens (including phenoxy) is 1. The number of benzene rings is 2. The molecule has 0 unspecified atom stereocenters. The Morgan fingerprint density at radius 2 is 1.43 bits per heavy atom. The molecule has 0 radical (unpaired) electrons. The van der Waals surface area contributed by atoms with Crippen molar-refractivity contribution in [3.05, 3.63) is 64.7 Å². The molecule has 0 aromatic heterocycles. The molecule has 0 fully saturated rings. The van der Waals surface area contributed by atoms with E-state index in [1.54, 1.807) is 48.5 Å². The van der Waals surface area contributed by atoms with Gasteiger partial charge in [-0.05, 0) is 75.2 Å². The van der Waals surface area contributed by atoms with Crippen molar-refractivity contribution < 1.29 is 19.4 Å². The zero-order valence-corrected chi connectivity index (χ0v) is 16.5. The van der Waals surface area contributed by atoms with Gasteiger partial charge in [0.05, 0.1) is 5.92 Å². The minimum absolute atomic E-state index is 0.313. The Kier molecular flexibility index (Phi) is 6.05. The molecule has 146 valence electrons. The maximum Gasteiger partial charge on any atom is 0.228 e. The second-order valence-electron chi connectivity index (χ2n) is 7.07. The van der Waals surface area contributed by atoms with E-state index < -0.39 is 17.8 Å². The summed E-state index contributed by atoms with van der Waals surface area (Å²) in [6.45, 7) is 3.84. The summed E-state index contributed by atoms with van der Waals surface area (Å²) in [5, 5.41) is 14.9. The Hall–Kier alpha value is -2.79. The van der Waals surface area contributed by atoms with E-state index in [9.17, 15) is 14.7 Å². The summed E-state index contributed by atoms with van der Waals surface area (Å²) in [6.07, 6.45) is 0.772. The largest absolute Gasteiger partial charge is 0.550 e.